The topological polar surface area (TPSA) is 64.3 Å². The average Bonchev–Trinajstić information content (AvgIpc) is 2.91. The van der Waals surface area contributed by atoms with Gasteiger partial charge < -0.3 is 14.6 Å². The van der Waals surface area contributed by atoms with Crippen molar-refractivity contribution in [2.24, 2.45) is 0 Å². The minimum Gasteiger partial charge on any atom is -0.504 e. The van der Waals surface area contributed by atoms with E-state index in [4.69, 9.17) is 4.74 Å². The smallest absolute Gasteiger partial charge is 0.161 e. The molecule has 2 aromatic rings. The lowest BCUT2D eigenvalue weighted by Gasteiger charge is -2.26. The molecule has 1 N–H and O–H groups in total. The summed E-state index contributed by atoms with van der Waals surface area (Å²) in [5, 5.41) is 14.9. The van der Waals surface area contributed by atoms with Crippen LogP contribution in [0.3, 0.4) is 0 Å². The van der Waals surface area contributed by atoms with Crippen molar-refractivity contribution in [2.45, 2.75) is 18.8 Å². The number of aromatic hydroxyl groups is 1. The number of carbonyl (C=O) groups is 1. The van der Waals surface area contributed by atoms with E-state index in [1.165, 1.54) is 0 Å². The Balaban J connectivity index is 2.18. The highest BCUT2D eigenvalue weighted by Gasteiger charge is 2.37. The number of hydrogen-bond donors (Lipinski definition) is 1. The van der Waals surface area contributed by atoms with E-state index in [-0.39, 0.29) is 5.75 Å². The van der Waals surface area contributed by atoms with Crippen molar-refractivity contribution >= 4 is 6.29 Å². The van der Waals surface area contributed by atoms with Gasteiger partial charge in [-0.25, -0.2) is 4.68 Å². The van der Waals surface area contributed by atoms with Crippen LogP contribution in [0.15, 0.2) is 48.6 Å². The van der Waals surface area contributed by atoms with Gasteiger partial charge in [0.1, 0.15) is 23.4 Å². The second-order valence-electron chi connectivity index (χ2n) is 5.54. The van der Waals surface area contributed by atoms with Gasteiger partial charge in [-0.3, -0.25) is 0 Å². The summed E-state index contributed by atoms with van der Waals surface area (Å²) in [6, 6.07) is 7.32. The largest absolute Gasteiger partial charge is 0.504 e. The normalized spacial score (nSPS) is 19.7. The zero-order valence-electron chi connectivity index (χ0n) is 13.1. The molecule has 5 heteroatoms. The maximum atomic E-state index is 11.9. The van der Waals surface area contributed by atoms with Crippen LogP contribution >= 0.6 is 0 Å². The van der Waals surface area contributed by atoms with Gasteiger partial charge in [0.2, 0.25) is 0 Å². The summed E-state index contributed by atoms with van der Waals surface area (Å²) in [4.78, 5) is 11.9. The molecule has 1 aromatic heterocycles. The maximum Gasteiger partial charge on any atom is 0.161 e. The van der Waals surface area contributed by atoms with E-state index in [1.807, 2.05) is 42.5 Å². The molecule has 0 saturated heterocycles. The Hall–Kier alpha value is -2.82. The van der Waals surface area contributed by atoms with Crippen LogP contribution in [-0.4, -0.2) is 28.3 Å². The number of aldehydes is 1. The van der Waals surface area contributed by atoms with Crippen LogP contribution in [0.2, 0.25) is 0 Å². The molecule has 0 bridgehead atoms. The van der Waals surface area contributed by atoms with Crippen molar-refractivity contribution < 1.29 is 14.6 Å². The zero-order valence-corrected chi connectivity index (χ0v) is 13.1. The number of benzene rings is 1. The number of methoxy groups -OCH3 is 1. The molecular weight excluding hydrogens is 292 g/mol. The zero-order chi connectivity index (χ0) is 16.4. The summed E-state index contributed by atoms with van der Waals surface area (Å²) < 4.78 is 6.79. The Labute approximate surface area is 134 Å². The van der Waals surface area contributed by atoms with Gasteiger partial charge in [0, 0.05) is 0 Å². The predicted octanol–water partition coefficient (Wildman–Crippen LogP) is 2.85. The van der Waals surface area contributed by atoms with E-state index in [1.54, 1.807) is 24.8 Å². The number of aromatic nitrogens is 2. The lowest BCUT2D eigenvalue weighted by atomic mass is 9.79. The Kier molecular flexibility index (Phi) is 3.78. The third kappa shape index (κ3) is 2.44. The number of carbonyl (C=O) groups excluding carboxylic acids is 1. The lowest BCUT2D eigenvalue weighted by molar-refractivity contribution is -0.111. The van der Waals surface area contributed by atoms with E-state index in [2.05, 4.69) is 5.10 Å². The first-order valence-electron chi connectivity index (χ1n) is 7.35. The van der Waals surface area contributed by atoms with Gasteiger partial charge in [-0.15, -0.1) is 0 Å². The molecule has 0 aliphatic heterocycles. The fourth-order valence-corrected chi connectivity index (χ4v) is 2.80. The van der Waals surface area contributed by atoms with Crippen molar-refractivity contribution in [2.75, 3.05) is 7.11 Å². The quantitative estimate of drug-likeness (QED) is 0.882. The Morgan fingerprint density at radius 2 is 2.04 bits per heavy atom. The Bertz CT molecular complexity index is 787. The molecule has 0 spiro atoms. The molecule has 0 amide bonds. The highest BCUT2D eigenvalue weighted by molar-refractivity contribution is 5.75. The first kappa shape index (κ1) is 15.1. The Morgan fingerprint density at radius 1 is 1.30 bits per heavy atom. The minimum atomic E-state index is -0.917. The lowest BCUT2D eigenvalue weighted by Crippen LogP contribution is -2.29. The van der Waals surface area contributed by atoms with Crippen molar-refractivity contribution in [3.63, 3.8) is 0 Å². The fourth-order valence-electron chi connectivity index (χ4n) is 2.80. The number of allylic oxidation sites excluding steroid dienone is 4. The van der Waals surface area contributed by atoms with E-state index in [0.717, 1.165) is 17.7 Å². The standard InChI is InChI=1S/C18H18N2O3/c1-13-16(22)17(18(12-21)10-4-3-5-11-18)20(19-13)14-6-8-15(23-2)9-7-14/h3-10,12,22H,11H2,1-2H3. The maximum absolute atomic E-state index is 11.9. The first-order chi connectivity index (χ1) is 11.1. The van der Waals surface area contributed by atoms with Gasteiger partial charge in [-0.05, 0) is 37.6 Å². The molecule has 0 radical (unpaired) electrons. The molecule has 3 rings (SSSR count). The summed E-state index contributed by atoms with van der Waals surface area (Å²) >= 11 is 0. The third-order valence-corrected chi connectivity index (χ3v) is 4.09. The summed E-state index contributed by atoms with van der Waals surface area (Å²) in [6.07, 6.45) is 8.77. The van der Waals surface area contributed by atoms with Crippen LogP contribution in [-0.2, 0) is 10.2 Å². The molecule has 1 aliphatic rings. The summed E-state index contributed by atoms with van der Waals surface area (Å²) in [5.41, 5.74) is 0.809. The van der Waals surface area contributed by atoms with E-state index in [9.17, 15) is 9.90 Å². The molecule has 1 heterocycles. The van der Waals surface area contributed by atoms with Gasteiger partial charge in [0.25, 0.3) is 0 Å². The second kappa shape index (κ2) is 5.76. The van der Waals surface area contributed by atoms with Crippen molar-refractivity contribution in [1.82, 2.24) is 9.78 Å². The molecule has 118 valence electrons. The molecule has 1 atom stereocenters. The van der Waals surface area contributed by atoms with E-state index in [0.29, 0.717) is 17.8 Å². The molecule has 0 saturated carbocycles. The van der Waals surface area contributed by atoms with Crippen molar-refractivity contribution in [3.8, 4) is 17.2 Å². The Morgan fingerprint density at radius 3 is 2.61 bits per heavy atom. The van der Waals surface area contributed by atoms with Crippen molar-refractivity contribution in [1.29, 1.82) is 0 Å². The van der Waals surface area contributed by atoms with Crippen LogP contribution < -0.4 is 4.74 Å². The van der Waals surface area contributed by atoms with Crippen LogP contribution in [0.5, 0.6) is 11.5 Å². The molecule has 1 unspecified atom stereocenters. The van der Waals surface area contributed by atoms with Crippen LogP contribution in [0.1, 0.15) is 17.8 Å². The second-order valence-corrected chi connectivity index (χ2v) is 5.54. The number of nitrogens with zero attached hydrogens (tertiary/aromatic N) is 2. The van der Waals surface area contributed by atoms with E-state index >= 15 is 0 Å². The van der Waals surface area contributed by atoms with Crippen LogP contribution in [0.25, 0.3) is 5.69 Å². The number of hydrogen-bond acceptors (Lipinski definition) is 4. The predicted molar refractivity (Wildman–Crippen MR) is 87.2 cm³/mol. The summed E-state index contributed by atoms with van der Waals surface area (Å²) in [6.45, 7) is 1.72. The third-order valence-electron chi connectivity index (χ3n) is 4.09. The van der Waals surface area contributed by atoms with E-state index < -0.39 is 5.41 Å². The van der Waals surface area contributed by atoms with Gasteiger partial charge >= 0.3 is 0 Å². The number of aryl methyl sites for hydroxylation is 1. The minimum absolute atomic E-state index is 0.0490. The highest BCUT2D eigenvalue weighted by atomic mass is 16.5. The highest BCUT2D eigenvalue weighted by Crippen LogP contribution is 2.39. The molecule has 1 aromatic carbocycles. The first-order valence-corrected chi connectivity index (χ1v) is 7.35. The van der Waals surface area contributed by atoms with Gasteiger partial charge in [-0.2, -0.15) is 5.10 Å². The summed E-state index contributed by atoms with van der Waals surface area (Å²) in [5.74, 6) is 0.780. The molecule has 5 nitrogen and oxygen atoms in total. The van der Waals surface area contributed by atoms with Gasteiger partial charge in [0.15, 0.2) is 5.75 Å². The SMILES string of the molecule is COc1ccc(-n2nc(C)c(O)c2C2(C=O)C=CC=CC2)cc1. The van der Waals surface area contributed by atoms with Gasteiger partial charge in [-0.1, -0.05) is 24.3 Å². The van der Waals surface area contributed by atoms with Crippen LogP contribution in [0, 0.1) is 6.92 Å². The number of ether oxygens (including phenoxy) is 1. The van der Waals surface area contributed by atoms with Gasteiger partial charge in [0.05, 0.1) is 18.2 Å². The van der Waals surface area contributed by atoms with Crippen LogP contribution in [0.4, 0.5) is 0 Å². The molecule has 1 aliphatic carbocycles. The van der Waals surface area contributed by atoms with Crippen molar-refractivity contribution in [3.05, 3.63) is 60.0 Å². The average molecular weight is 310 g/mol. The molecular formula is C18H18N2O3. The summed E-state index contributed by atoms with van der Waals surface area (Å²) in [7, 11) is 1.60. The number of rotatable bonds is 4. The fraction of sp³-hybridized carbons (Fsp3) is 0.222. The molecule has 0 fully saturated rings. The monoisotopic (exact) mass is 310 g/mol. The molecule has 23 heavy (non-hydrogen) atoms.